The van der Waals surface area contributed by atoms with Crippen LogP contribution in [0.3, 0.4) is 0 Å². The molecule has 3 aliphatic rings. The van der Waals surface area contributed by atoms with Gasteiger partial charge in [0, 0.05) is 12.5 Å². The quantitative estimate of drug-likeness (QED) is 0.774. The lowest BCUT2D eigenvalue weighted by atomic mass is 9.85. The average molecular weight is 229 g/mol. The van der Waals surface area contributed by atoms with Crippen molar-refractivity contribution < 1.29 is 13.6 Å². The first-order valence-corrected chi connectivity index (χ1v) is 6.22. The number of halogens is 2. The van der Waals surface area contributed by atoms with E-state index in [1.165, 1.54) is 12.8 Å². The first-order chi connectivity index (χ1) is 7.54. The second-order valence-corrected chi connectivity index (χ2v) is 5.69. The van der Waals surface area contributed by atoms with E-state index >= 15 is 0 Å². The van der Waals surface area contributed by atoms with Gasteiger partial charge in [-0.05, 0) is 37.5 Å². The molecule has 16 heavy (non-hydrogen) atoms. The Labute approximate surface area is 93.8 Å². The number of hydrogen-bond donors (Lipinski definition) is 1. The van der Waals surface area contributed by atoms with Crippen molar-refractivity contribution in [3.8, 4) is 0 Å². The molecule has 0 saturated heterocycles. The summed E-state index contributed by atoms with van der Waals surface area (Å²) in [5.41, 5.74) is 0.347. The van der Waals surface area contributed by atoms with Crippen molar-refractivity contribution in [2.75, 3.05) is 0 Å². The van der Waals surface area contributed by atoms with Crippen LogP contribution in [0.2, 0.25) is 0 Å². The molecule has 0 aromatic carbocycles. The molecule has 1 N–H and O–H groups in total. The third kappa shape index (κ3) is 1.62. The van der Waals surface area contributed by atoms with Gasteiger partial charge in [-0.25, -0.2) is 8.78 Å². The summed E-state index contributed by atoms with van der Waals surface area (Å²) in [5.74, 6) is -4.26. The lowest BCUT2D eigenvalue weighted by molar-refractivity contribution is -0.145. The highest BCUT2D eigenvalue weighted by Crippen LogP contribution is 2.66. The van der Waals surface area contributed by atoms with Crippen LogP contribution in [0.4, 0.5) is 8.78 Å². The molecule has 1 spiro atoms. The molecule has 0 radical (unpaired) electrons. The fourth-order valence-corrected chi connectivity index (χ4v) is 2.95. The maximum Gasteiger partial charge on any atom is 0.259 e. The van der Waals surface area contributed by atoms with E-state index < -0.39 is 17.7 Å². The molecule has 0 unspecified atom stereocenters. The molecule has 0 aliphatic heterocycles. The maximum absolute atomic E-state index is 13.5. The summed E-state index contributed by atoms with van der Waals surface area (Å²) in [7, 11) is 0. The number of carbonyl (C=O) groups excluding carboxylic acids is 1. The maximum atomic E-state index is 13.5. The van der Waals surface area contributed by atoms with E-state index in [9.17, 15) is 13.6 Å². The molecule has 3 fully saturated rings. The summed E-state index contributed by atoms with van der Waals surface area (Å²) < 4.78 is 27.1. The summed E-state index contributed by atoms with van der Waals surface area (Å²) in [6, 6.07) is 0.206. The van der Waals surface area contributed by atoms with Gasteiger partial charge < -0.3 is 5.32 Å². The smallest absolute Gasteiger partial charge is 0.259 e. The number of hydrogen-bond acceptors (Lipinski definition) is 1. The third-order valence-corrected chi connectivity index (χ3v) is 4.48. The SMILES string of the molecule is O=C(N[C@@H]1CC12CC2)[C@@H]1CCCCC1(F)F. The molecule has 0 aromatic heterocycles. The highest BCUT2D eigenvalue weighted by Gasteiger charge is 2.64. The third-order valence-electron chi connectivity index (χ3n) is 4.48. The highest BCUT2D eigenvalue weighted by atomic mass is 19.3. The predicted molar refractivity (Wildman–Crippen MR) is 55.1 cm³/mol. The van der Waals surface area contributed by atoms with E-state index in [1.807, 2.05) is 0 Å². The Bertz CT molecular complexity index is 325. The van der Waals surface area contributed by atoms with E-state index in [4.69, 9.17) is 0 Å². The van der Waals surface area contributed by atoms with Crippen LogP contribution in [0.25, 0.3) is 0 Å². The second kappa shape index (κ2) is 3.17. The molecule has 3 saturated carbocycles. The lowest BCUT2D eigenvalue weighted by Crippen LogP contribution is -2.44. The summed E-state index contributed by atoms with van der Waals surface area (Å²) >= 11 is 0. The van der Waals surface area contributed by atoms with E-state index in [0.717, 1.165) is 12.8 Å². The number of nitrogens with one attached hydrogen (secondary N) is 1. The van der Waals surface area contributed by atoms with Gasteiger partial charge in [-0.15, -0.1) is 0 Å². The van der Waals surface area contributed by atoms with Gasteiger partial charge in [-0.1, -0.05) is 6.42 Å². The first kappa shape index (κ1) is 10.5. The van der Waals surface area contributed by atoms with Gasteiger partial charge >= 0.3 is 0 Å². The zero-order valence-corrected chi connectivity index (χ0v) is 9.27. The van der Waals surface area contributed by atoms with Crippen molar-refractivity contribution in [3.63, 3.8) is 0 Å². The minimum Gasteiger partial charge on any atom is -0.352 e. The molecule has 0 bridgehead atoms. The number of amides is 1. The number of carbonyl (C=O) groups is 1. The first-order valence-electron chi connectivity index (χ1n) is 6.22. The van der Waals surface area contributed by atoms with Gasteiger partial charge in [0.15, 0.2) is 0 Å². The van der Waals surface area contributed by atoms with Gasteiger partial charge in [-0.3, -0.25) is 4.79 Å². The van der Waals surface area contributed by atoms with E-state index in [-0.39, 0.29) is 12.5 Å². The molecule has 3 aliphatic carbocycles. The fraction of sp³-hybridized carbons (Fsp3) is 0.917. The van der Waals surface area contributed by atoms with Crippen LogP contribution in [0.1, 0.15) is 44.9 Å². The molecule has 90 valence electrons. The highest BCUT2D eigenvalue weighted by molar-refractivity contribution is 5.80. The van der Waals surface area contributed by atoms with Gasteiger partial charge in [-0.2, -0.15) is 0 Å². The Kier molecular flexibility index (Phi) is 2.08. The molecule has 0 heterocycles. The van der Waals surface area contributed by atoms with Crippen LogP contribution in [0.5, 0.6) is 0 Å². The Balaban J connectivity index is 1.60. The normalized spacial score (nSPS) is 38.1. The standard InChI is InChI=1S/C12H17F2NO/c13-12(14)4-2-1-3-8(12)10(16)15-9-7-11(9)5-6-11/h8-9H,1-7H2,(H,15,16)/t8-,9+/m0/s1. The van der Waals surface area contributed by atoms with Crippen LogP contribution in [-0.2, 0) is 4.79 Å². The molecule has 4 heteroatoms. The minimum absolute atomic E-state index is 0.124. The van der Waals surface area contributed by atoms with E-state index in [1.54, 1.807) is 0 Å². The fourth-order valence-electron chi connectivity index (χ4n) is 2.95. The zero-order chi connectivity index (χ0) is 11.4. The number of rotatable bonds is 2. The zero-order valence-electron chi connectivity index (χ0n) is 9.27. The molecular weight excluding hydrogens is 212 g/mol. The molecule has 2 atom stereocenters. The van der Waals surface area contributed by atoms with Crippen molar-refractivity contribution >= 4 is 5.91 Å². The van der Waals surface area contributed by atoms with Crippen LogP contribution in [-0.4, -0.2) is 17.9 Å². The Morgan fingerprint density at radius 2 is 1.94 bits per heavy atom. The predicted octanol–water partition coefficient (Wildman–Crippen LogP) is 2.48. The minimum atomic E-state index is -2.78. The van der Waals surface area contributed by atoms with Crippen LogP contribution < -0.4 is 5.32 Å². The van der Waals surface area contributed by atoms with Crippen LogP contribution >= 0.6 is 0 Å². The van der Waals surface area contributed by atoms with Gasteiger partial charge in [0.05, 0.1) is 0 Å². The lowest BCUT2D eigenvalue weighted by Gasteiger charge is -2.30. The summed E-state index contributed by atoms with van der Waals surface area (Å²) in [6.07, 6.45) is 4.86. The average Bonchev–Trinajstić information content (AvgIpc) is 3.08. The van der Waals surface area contributed by atoms with Crippen molar-refractivity contribution in [1.82, 2.24) is 5.32 Å². The molecule has 3 rings (SSSR count). The van der Waals surface area contributed by atoms with Crippen molar-refractivity contribution in [2.45, 2.75) is 56.9 Å². The Morgan fingerprint density at radius 1 is 1.19 bits per heavy atom. The summed E-state index contributed by atoms with van der Waals surface area (Å²) in [6.45, 7) is 0. The second-order valence-electron chi connectivity index (χ2n) is 5.69. The van der Waals surface area contributed by atoms with E-state index in [2.05, 4.69) is 5.32 Å². The Morgan fingerprint density at radius 3 is 2.50 bits per heavy atom. The monoisotopic (exact) mass is 229 g/mol. The molecule has 2 nitrogen and oxygen atoms in total. The van der Waals surface area contributed by atoms with Crippen molar-refractivity contribution in [2.24, 2.45) is 11.3 Å². The van der Waals surface area contributed by atoms with Crippen LogP contribution in [0, 0.1) is 11.3 Å². The topological polar surface area (TPSA) is 29.1 Å². The van der Waals surface area contributed by atoms with Crippen LogP contribution in [0.15, 0.2) is 0 Å². The van der Waals surface area contributed by atoms with Crippen molar-refractivity contribution in [3.05, 3.63) is 0 Å². The van der Waals surface area contributed by atoms with E-state index in [0.29, 0.717) is 18.3 Å². The summed E-state index contributed by atoms with van der Waals surface area (Å²) in [4.78, 5) is 11.8. The van der Waals surface area contributed by atoms with Gasteiger partial charge in [0.1, 0.15) is 5.92 Å². The molecular formula is C12H17F2NO. The molecule has 1 amide bonds. The van der Waals surface area contributed by atoms with Gasteiger partial charge in [0.25, 0.3) is 5.92 Å². The Hall–Kier alpha value is -0.670. The van der Waals surface area contributed by atoms with Crippen molar-refractivity contribution in [1.29, 1.82) is 0 Å². The molecule has 0 aromatic rings. The largest absolute Gasteiger partial charge is 0.352 e. The summed E-state index contributed by atoms with van der Waals surface area (Å²) in [5, 5.41) is 2.81. The van der Waals surface area contributed by atoms with Gasteiger partial charge in [0.2, 0.25) is 5.91 Å². The number of alkyl halides is 2.